The maximum atomic E-state index is 12.7. The second kappa shape index (κ2) is 7.45. The molecule has 4 rings (SSSR count). The van der Waals surface area contributed by atoms with E-state index in [9.17, 15) is 4.79 Å². The van der Waals surface area contributed by atoms with Gasteiger partial charge in [0.2, 0.25) is 11.8 Å². The minimum atomic E-state index is -0.173. The van der Waals surface area contributed by atoms with E-state index in [0.717, 1.165) is 5.56 Å². The van der Waals surface area contributed by atoms with E-state index in [0.29, 0.717) is 42.7 Å². The van der Waals surface area contributed by atoms with Crippen molar-refractivity contribution in [3.63, 3.8) is 0 Å². The molecule has 1 saturated heterocycles. The van der Waals surface area contributed by atoms with E-state index in [1.165, 1.54) is 7.11 Å². The Bertz CT molecular complexity index is 911. The maximum Gasteiger partial charge on any atom is 0.276 e. The van der Waals surface area contributed by atoms with Gasteiger partial charge in [0.25, 0.3) is 5.91 Å². The molecule has 0 spiro atoms. The predicted octanol–water partition coefficient (Wildman–Crippen LogP) is 2.43. The minimum absolute atomic E-state index is 0.142. The number of likely N-dealkylation sites (tertiary alicyclic amines) is 1. The van der Waals surface area contributed by atoms with Crippen LogP contribution >= 0.6 is 0 Å². The van der Waals surface area contributed by atoms with Crippen LogP contribution < -0.4 is 9.47 Å². The third kappa shape index (κ3) is 3.74. The lowest BCUT2D eigenvalue weighted by Gasteiger charge is -2.15. The number of carbonyl (C=O) groups excluding carboxylic acids is 1. The molecule has 0 aliphatic carbocycles. The monoisotopic (exact) mass is 366 g/mol. The van der Waals surface area contributed by atoms with E-state index >= 15 is 0 Å². The topological polar surface area (TPSA) is 90.6 Å². The summed E-state index contributed by atoms with van der Waals surface area (Å²) in [6.45, 7) is 1.04. The first-order valence-corrected chi connectivity index (χ1v) is 8.59. The molecule has 1 unspecified atom stereocenters. The summed E-state index contributed by atoms with van der Waals surface area (Å²) in [6.07, 6.45) is 0.570. The fourth-order valence-electron chi connectivity index (χ4n) is 2.94. The Labute approximate surface area is 155 Å². The van der Waals surface area contributed by atoms with Crippen molar-refractivity contribution in [3.8, 4) is 23.1 Å². The molecule has 1 aliphatic rings. The smallest absolute Gasteiger partial charge is 0.276 e. The number of ether oxygens (including phenoxy) is 2. The van der Waals surface area contributed by atoms with Crippen molar-refractivity contribution in [2.75, 3.05) is 20.2 Å². The summed E-state index contributed by atoms with van der Waals surface area (Å²) in [5.41, 5.74) is 1.17. The van der Waals surface area contributed by atoms with Crippen molar-refractivity contribution < 1.29 is 18.8 Å². The van der Waals surface area contributed by atoms with Gasteiger partial charge in [0.05, 0.1) is 13.7 Å². The number of nitrogens with zero attached hydrogens (tertiary/aromatic N) is 4. The molecular formula is C19H18N4O4. The van der Waals surface area contributed by atoms with Crippen molar-refractivity contribution in [3.05, 3.63) is 54.2 Å². The molecule has 1 aliphatic heterocycles. The molecule has 3 heterocycles. The van der Waals surface area contributed by atoms with Crippen LogP contribution in [0.2, 0.25) is 0 Å². The largest absolute Gasteiger partial charge is 0.480 e. The van der Waals surface area contributed by atoms with Gasteiger partial charge in [0.15, 0.2) is 11.5 Å². The molecule has 1 amide bonds. The molecular weight excluding hydrogens is 348 g/mol. The standard InChI is InChI=1S/C19H18N4O4/c1-25-17-7-8-18(21-20-17)26-14-9-10-23(12-14)19(24)15-11-16(27-22-15)13-5-3-2-4-6-13/h2-8,11,14H,9-10,12H2,1H3. The van der Waals surface area contributed by atoms with Crippen LogP contribution in [0.3, 0.4) is 0 Å². The molecule has 0 N–H and O–H groups in total. The highest BCUT2D eigenvalue weighted by molar-refractivity contribution is 5.93. The van der Waals surface area contributed by atoms with Crippen molar-refractivity contribution in [2.24, 2.45) is 0 Å². The van der Waals surface area contributed by atoms with E-state index in [4.69, 9.17) is 14.0 Å². The van der Waals surface area contributed by atoms with Crippen molar-refractivity contribution in [1.82, 2.24) is 20.3 Å². The molecule has 1 aromatic carbocycles. The first-order chi connectivity index (χ1) is 13.2. The van der Waals surface area contributed by atoms with Crippen LogP contribution in [0.5, 0.6) is 11.8 Å². The fourth-order valence-corrected chi connectivity index (χ4v) is 2.94. The average Bonchev–Trinajstić information content (AvgIpc) is 3.39. The van der Waals surface area contributed by atoms with Gasteiger partial charge in [-0.05, 0) is 0 Å². The first-order valence-electron chi connectivity index (χ1n) is 8.59. The molecule has 3 aromatic rings. The Balaban J connectivity index is 1.38. The van der Waals surface area contributed by atoms with Crippen LogP contribution in [-0.4, -0.2) is 52.5 Å². The highest BCUT2D eigenvalue weighted by Gasteiger charge is 2.30. The van der Waals surface area contributed by atoms with Gasteiger partial charge in [-0.15, -0.1) is 10.2 Å². The average molecular weight is 366 g/mol. The summed E-state index contributed by atoms with van der Waals surface area (Å²) in [5.74, 6) is 1.22. The molecule has 1 fully saturated rings. The van der Waals surface area contributed by atoms with Crippen LogP contribution in [0.15, 0.2) is 53.1 Å². The molecule has 0 bridgehead atoms. The van der Waals surface area contributed by atoms with Crippen molar-refractivity contribution >= 4 is 5.91 Å². The third-order valence-electron chi connectivity index (χ3n) is 4.33. The molecule has 138 valence electrons. The zero-order chi connectivity index (χ0) is 18.6. The lowest BCUT2D eigenvalue weighted by Crippen LogP contribution is -2.31. The summed E-state index contributed by atoms with van der Waals surface area (Å²) in [5, 5.41) is 11.7. The zero-order valence-electron chi connectivity index (χ0n) is 14.7. The molecule has 2 aromatic heterocycles. The number of hydrogen-bond acceptors (Lipinski definition) is 7. The number of methoxy groups -OCH3 is 1. The van der Waals surface area contributed by atoms with Crippen molar-refractivity contribution in [2.45, 2.75) is 12.5 Å². The first kappa shape index (κ1) is 17.0. The summed E-state index contributed by atoms with van der Waals surface area (Å²) in [4.78, 5) is 14.4. The van der Waals surface area contributed by atoms with Gasteiger partial charge in [-0.25, -0.2) is 0 Å². The molecule has 0 saturated carbocycles. The maximum absolute atomic E-state index is 12.7. The highest BCUT2D eigenvalue weighted by atomic mass is 16.5. The van der Waals surface area contributed by atoms with E-state index in [2.05, 4.69) is 15.4 Å². The Morgan fingerprint density at radius 2 is 1.93 bits per heavy atom. The summed E-state index contributed by atoms with van der Waals surface area (Å²) < 4.78 is 16.1. The van der Waals surface area contributed by atoms with Gasteiger partial charge in [-0.1, -0.05) is 35.5 Å². The molecule has 27 heavy (non-hydrogen) atoms. The Hall–Kier alpha value is -3.42. The summed E-state index contributed by atoms with van der Waals surface area (Å²) >= 11 is 0. The molecule has 8 nitrogen and oxygen atoms in total. The Morgan fingerprint density at radius 3 is 2.67 bits per heavy atom. The van der Waals surface area contributed by atoms with E-state index in [1.807, 2.05) is 30.3 Å². The second-order valence-electron chi connectivity index (χ2n) is 6.14. The predicted molar refractivity (Wildman–Crippen MR) is 95.5 cm³/mol. The lowest BCUT2D eigenvalue weighted by molar-refractivity contribution is 0.0760. The quantitative estimate of drug-likeness (QED) is 0.685. The number of hydrogen-bond donors (Lipinski definition) is 0. The molecule has 8 heteroatoms. The second-order valence-corrected chi connectivity index (χ2v) is 6.14. The van der Waals surface area contributed by atoms with E-state index < -0.39 is 0 Å². The van der Waals surface area contributed by atoms with Crippen LogP contribution in [-0.2, 0) is 0 Å². The van der Waals surface area contributed by atoms with Gasteiger partial charge in [0, 0.05) is 36.7 Å². The van der Waals surface area contributed by atoms with E-state index in [1.54, 1.807) is 23.1 Å². The number of rotatable bonds is 5. The zero-order valence-corrected chi connectivity index (χ0v) is 14.7. The lowest BCUT2D eigenvalue weighted by atomic mass is 10.1. The van der Waals surface area contributed by atoms with Gasteiger partial charge >= 0.3 is 0 Å². The molecule has 1 atom stereocenters. The fraction of sp³-hybridized carbons (Fsp3) is 0.263. The number of aromatic nitrogens is 3. The summed E-state index contributed by atoms with van der Waals surface area (Å²) in [7, 11) is 1.53. The van der Waals surface area contributed by atoms with Crippen molar-refractivity contribution in [1.29, 1.82) is 0 Å². The third-order valence-corrected chi connectivity index (χ3v) is 4.33. The van der Waals surface area contributed by atoms with Crippen LogP contribution in [0, 0.1) is 0 Å². The highest BCUT2D eigenvalue weighted by Crippen LogP contribution is 2.23. The van der Waals surface area contributed by atoms with Crippen LogP contribution in [0.1, 0.15) is 16.9 Å². The normalized spacial score (nSPS) is 16.3. The van der Waals surface area contributed by atoms with E-state index in [-0.39, 0.29) is 12.0 Å². The van der Waals surface area contributed by atoms with Crippen LogP contribution in [0.4, 0.5) is 0 Å². The van der Waals surface area contributed by atoms with Gasteiger partial charge in [-0.3, -0.25) is 4.79 Å². The Kier molecular flexibility index (Phi) is 4.69. The number of amides is 1. The SMILES string of the molecule is COc1ccc(OC2CCN(C(=O)c3cc(-c4ccccc4)on3)C2)nn1. The number of benzene rings is 1. The Morgan fingerprint density at radius 1 is 1.15 bits per heavy atom. The van der Waals surface area contributed by atoms with Crippen LogP contribution in [0.25, 0.3) is 11.3 Å². The number of carbonyl (C=O) groups is 1. The minimum Gasteiger partial charge on any atom is -0.480 e. The molecule has 0 radical (unpaired) electrons. The van der Waals surface area contributed by atoms with Gasteiger partial charge in [-0.2, -0.15) is 0 Å². The van der Waals surface area contributed by atoms with Gasteiger partial charge in [0.1, 0.15) is 6.10 Å². The summed E-state index contributed by atoms with van der Waals surface area (Å²) in [6, 6.07) is 14.6. The van der Waals surface area contributed by atoms with Gasteiger partial charge < -0.3 is 18.9 Å².